The van der Waals surface area contributed by atoms with Crippen LogP contribution in [0.2, 0.25) is 0 Å². The Morgan fingerprint density at radius 3 is 2.90 bits per heavy atom. The molecule has 0 radical (unpaired) electrons. The first-order valence-corrected chi connectivity index (χ1v) is 8.72. The highest BCUT2D eigenvalue weighted by atomic mass is 32.2. The number of carbonyl (C=O) groups is 1. The summed E-state index contributed by atoms with van der Waals surface area (Å²) in [7, 11) is 0. The van der Waals surface area contributed by atoms with Gasteiger partial charge in [0.05, 0.1) is 0 Å². The zero-order valence-corrected chi connectivity index (χ0v) is 13.2. The van der Waals surface area contributed by atoms with Crippen molar-refractivity contribution in [1.82, 2.24) is 5.32 Å². The number of ether oxygens (including phenoxy) is 1. The van der Waals surface area contributed by atoms with Gasteiger partial charge >= 0.3 is 5.97 Å². The Morgan fingerprint density at radius 2 is 2.14 bits per heavy atom. The minimum absolute atomic E-state index is 0.220. The second-order valence-electron chi connectivity index (χ2n) is 5.27. The van der Waals surface area contributed by atoms with Crippen LogP contribution >= 0.6 is 11.8 Å². The van der Waals surface area contributed by atoms with Crippen LogP contribution in [0.5, 0.6) is 5.75 Å². The van der Waals surface area contributed by atoms with E-state index in [4.69, 9.17) is 9.84 Å². The second-order valence-corrected chi connectivity index (χ2v) is 6.35. The van der Waals surface area contributed by atoms with Crippen molar-refractivity contribution in [2.75, 3.05) is 19.4 Å². The van der Waals surface area contributed by atoms with E-state index in [1.165, 1.54) is 25.7 Å². The lowest BCUT2D eigenvalue weighted by molar-refractivity contribution is 0.0692. The third-order valence-corrected chi connectivity index (χ3v) is 5.06. The zero-order valence-electron chi connectivity index (χ0n) is 12.4. The largest absolute Gasteiger partial charge is 0.491 e. The number of hydrogen-bond acceptors (Lipinski definition) is 4. The molecular weight excluding hydrogens is 286 g/mol. The molecule has 0 bridgehead atoms. The Labute approximate surface area is 130 Å². The SMILES string of the molecule is CSC1CCCCC1NCCOc1ccccc1C(=O)O. The van der Waals surface area contributed by atoms with Gasteiger partial charge in [-0.15, -0.1) is 0 Å². The molecule has 1 saturated carbocycles. The Balaban J connectivity index is 1.78. The summed E-state index contributed by atoms with van der Waals surface area (Å²) in [6.45, 7) is 1.23. The lowest BCUT2D eigenvalue weighted by Gasteiger charge is -2.31. The van der Waals surface area contributed by atoms with Gasteiger partial charge in [0, 0.05) is 17.8 Å². The predicted molar refractivity (Wildman–Crippen MR) is 86.5 cm³/mol. The van der Waals surface area contributed by atoms with E-state index in [-0.39, 0.29) is 5.56 Å². The van der Waals surface area contributed by atoms with Gasteiger partial charge in [-0.25, -0.2) is 4.79 Å². The number of benzene rings is 1. The third-order valence-electron chi connectivity index (χ3n) is 3.89. The zero-order chi connectivity index (χ0) is 15.1. The molecule has 1 fully saturated rings. The summed E-state index contributed by atoms with van der Waals surface area (Å²) in [5, 5.41) is 13.3. The van der Waals surface area contributed by atoms with Crippen LogP contribution in [-0.2, 0) is 0 Å². The number of rotatable bonds is 7. The minimum atomic E-state index is -0.951. The quantitative estimate of drug-likeness (QED) is 0.758. The molecule has 2 unspecified atom stereocenters. The second kappa shape index (κ2) is 8.29. The Bertz CT molecular complexity index is 467. The molecule has 1 aliphatic rings. The topological polar surface area (TPSA) is 58.6 Å². The van der Waals surface area contributed by atoms with Crippen molar-refractivity contribution < 1.29 is 14.6 Å². The molecule has 1 aromatic rings. The molecule has 5 heteroatoms. The first kappa shape index (κ1) is 16.2. The number of hydrogen-bond donors (Lipinski definition) is 2. The van der Waals surface area contributed by atoms with Crippen LogP contribution in [0, 0.1) is 0 Å². The van der Waals surface area contributed by atoms with Gasteiger partial charge in [-0.05, 0) is 31.2 Å². The van der Waals surface area contributed by atoms with Gasteiger partial charge in [0.1, 0.15) is 17.9 Å². The maximum absolute atomic E-state index is 11.1. The lowest BCUT2D eigenvalue weighted by atomic mass is 9.95. The number of thioether (sulfide) groups is 1. The molecule has 2 N–H and O–H groups in total. The summed E-state index contributed by atoms with van der Waals surface area (Å²) < 4.78 is 5.61. The summed E-state index contributed by atoms with van der Waals surface area (Å²) in [5.74, 6) is -0.509. The van der Waals surface area contributed by atoms with Crippen molar-refractivity contribution in [3.8, 4) is 5.75 Å². The number of carboxylic acid groups (broad SMARTS) is 1. The molecule has 2 atom stereocenters. The van der Waals surface area contributed by atoms with Gasteiger partial charge in [0.25, 0.3) is 0 Å². The number of aromatic carboxylic acids is 1. The maximum atomic E-state index is 11.1. The first-order valence-electron chi connectivity index (χ1n) is 7.43. The highest BCUT2D eigenvalue weighted by molar-refractivity contribution is 7.99. The van der Waals surface area contributed by atoms with Crippen LogP contribution < -0.4 is 10.1 Å². The fourth-order valence-corrected chi connectivity index (χ4v) is 3.75. The Hall–Kier alpha value is -1.20. The fraction of sp³-hybridized carbons (Fsp3) is 0.562. The summed E-state index contributed by atoms with van der Waals surface area (Å²) >= 11 is 1.93. The lowest BCUT2D eigenvalue weighted by Crippen LogP contribution is -2.42. The molecule has 0 aliphatic heterocycles. The maximum Gasteiger partial charge on any atom is 0.339 e. The Morgan fingerprint density at radius 1 is 1.38 bits per heavy atom. The van der Waals surface area contributed by atoms with Crippen molar-refractivity contribution in [3.63, 3.8) is 0 Å². The molecule has 1 aromatic carbocycles. The predicted octanol–water partition coefficient (Wildman–Crippen LogP) is 3.03. The van der Waals surface area contributed by atoms with Gasteiger partial charge in [-0.3, -0.25) is 0 Å². The van der Waals surface area contributed by atoms with Crippen molar-refractivity contribution in [1.29, 1.82) is 0 Å². The molecule has 21 heavy (non-hydrogen) atoms. The monoisotopic (exact) mass is 309 g/mol. The minimum Gasteiger partial charge on any atom is -0.491 e. The van der Waals surface area contributed by atoms with Gasteiger partial charge < -0.3 is 15.2 Å². The molecule has 4 nitrogen and oxygen atoms in total. The summed E-state index contributed by atoms with van der Waals surface area (Å²) in [5.41, 5.74) is 0.220. The van der Waals surface area contributed by atoms with Gasteiger partial charge in [-0.1, -0.05) is 25.0 Å². The van der Waals surface area contributed by atoms with Crippen LogP contribution in [0.4, 0.5) is 0 Å². The van der Waals surface area contributed by atoms with Crippen molar-refractivity contribution in [2.24, 2.45) is 0 Å². The van der Waals surface area contributed by atoms with Crippen LogP contribution in [0.15, 0.2) is 24.3 Å². The van der Waals surface area contributed by atoms with Gasteiger partial charge in [-0.2, -0.15) is 11.8 Å². The summed E-state index contributed by atoms with van der Waals surface area (Å²) in [4.78, 5) is 11.1. The van der Waals surface area contributed by atoms with Gasteiger partial charge in [0.2, 0.25) is 0 Å². The molecule has 0 heterocycles. The average Bonchev–Trinajstić information content (AvgIpc) is 2.52. The highest BCUT2D eigenvalue weighted by Crippen LogP contribution is 2.27. The van der Waals surface area contributed by atoms with E-state index < -0.39 is 5.97 Å². The van der Waals surface area contributed by atoms with E-state index in [0.717, 1.165) is 6.54 Å². The van der Waals surface area contributed by atoms with E-state index >= 15 is 0 Å². The first-order chi connectivity index (χ1) is 10.2. The number of carboxylic acids is 1. The third kappa shape index (κ3) is 4.64. The van der Waals surface area contributed by atoms with Gasteiger partial charge in [0.15, 0.2) is 0 Å². The summed E-state index contributed by atoms with van der Waals surface area (Å²) in [6, 6.07) is 7.32. The molecule has 116 valence electrons. The molecule has 0 aromatic heterocycles. The van der Waals surface area contributed by atoms with Crippen LogP contribution in [0.25, 0.3) is 0 Å². The fourth-order valence-electron chi connectivity index (χ4n) is 2.79. The highest BCUT2D eigenvalue weighted by Gasteiger charge is 2.23. The number of nitrogens with one attached hydrogen (secondary N) is 1. The van der Waals surface area contributed by atoms with Crippen LogP contribution in [0.3, 0.4) is 0 Å². The Kier molecular flexibility index (Phi) is 6.39. The molecule has 0 amide bonds. The average molecular weight is 309 g/mol. The van der Waals surface area contributed by atoms with Crippen LogP contribution in [0.1, 0.15) is 36.0 Å². The molecule has 1 aliphatic carbocycles. The summed E-state index contributed by atoms with van der Waals surface area (Å²) in [6.07, 6.45) is 7.28. The standard InChI is InChI=1S/C16H23NO3S/c1-21-15-9-5-3-7-13(15)17-10-11-20-14-8-4-2-6-12(14)16(18)19/h2,4,6,8,13,15,17H,3,5,7,9-11H2,1H3,(H,18,19). The van der Waals surface area contributed by atoms with Crippen molar-refractivity contribution in [2.45, 2.75) is 37.0 Å². The normalized spacial score (nSPS) is 22.0. The molecule has 0 spiro atoms. The molecule has 0 saturated heterocycles. The van der Waals surface area contributed by atoms with Crippen LogP contribution in [-0.4, -0.2) is 41.8 Å². The van der Waals surface area contributed by atoms with E-state index in [0.29, 0.717) is 23.6 Å². The number of para-hydroxylation sites is 1. The van der Waals surface area contributed by atoms with E-state index in [9.17, 15) is 4.79 Å². The van der Waals surface area contributed by atoms with E-state index in [2.05, 4.69) is 11.6 Å². The van der Waals surface area contributed by atoms with E-state index in [1.807, 2.05) is 11.8 Å². The smallest absolute Gasteiger partial charge is 0.339 e. The molecular formula is C16H23NO3S. The van der Waals surface area contributed by atoms with Crippen molar-refractivity contribution in [3.05, 3.63) is 29.8 Å². The molecule has 2 rings (SSSR count). The van der Waals surface area contributed by atoms with Crippen molar-refractivity contribution >= 4 is 17.7 Å². The van der Waals surface area contributed by atoms with E-state index in [1.54, 1.807) is 24.3 Å².